The van der Waals surface area contributed by atoms with E-state index in [1.165, 1.54) is 17.0 Å². The van der Waals surface area contributed by atoms with E-state index in [2.05, 4.69) is 0 Å². The van der Waals surface area contributed by atoms with Crippen LogP contribution in [0, 0.1) is 37.1 Å². The van der Waals surface area contributed by atoms with Crippen molar-refractivity contribution >= 4 is 17.5 Å². The normalized spacial score (nSPS) is 14.9. The third kappa shape index (κ3) is 3.39. The molecule has 3 rings (SSSR count). The van der Waals surface area contributed by atoms with E-state index in [-0.39, 0.29) is 25.2 Å². The van der Waals surface area contributed by atoms with E-state index in [1.807, 2.05) is 0 Å². The van der Waals surface area contributed by atoms with E-state index in [0.29, 0.717) is 16.8 Å². The Kier molecular flexibility index (Phi) is 4.91. The minimum atomic E-state index is -1.62. The number of carbonyl (C=O) groups excluding carboxylic acids is 2. The van der Waals surface area contributed by atoms with E-state index in [0.717, 1.165) is 17.0 Å². The lowest BCUT2D eigenvalue weighted by Gasteiger charge is -2.35. The predicted octanol–water partition coefficient (Wildman–Crippen LogP) is 3.24. The number of rotatable bonds is 3. The smallest absolute Gasteiger partial charge is 0.316 e. The van der Waals surface area contributed by atoms with Crippen molar-refractivity contribution in [1.29, 1.82) is 0 Å². The molecule has 0 unspecified atom stereocenters. The zero-order chi connectivity index (χ0) is 19.9. The first kappa shape index (κ1) is 18.9. The fraction of sp³-hybridized carbons (Fsp3) is 0.263. The highest BCUT2D eigenvalue weighted by molar-refractivity contribution is 6.41. The maximum absolute atomic E-state index is 13.8. The lowest BCUT2D eigenvalue weighted by atomic mass is 10.1. The highest BCUT2D eigenvalue weighted by Gasteiger charge is 2.35. The molecule has 2 amide bonds. The third-order valence-electron chi connectivity index (χ3n) is 4.51. The van der Waals surface area contributed by atoms with Crippen LogP contribution in [0.4, 0.5) is 23.2 Å². The van der Waals surface area contributed by atoms with Crippen molar-refractivity contribution in [2.75, 3.05) is 18.0 Å². The van der Waals surface area contributed by atoms with Crippen LogP contribution in [-0.4, -0.2) is 29.8 Å². The van der Waals surface area contributed by atoms with Crippen LogP contribution >= 0.6 is 0 Å². The van der Waals surface area contributed by atoms with E-state index < -0.39 is 35.1 Å². The summed E-state index contributed by atoms with van der Waals surface area (Å²) >= 11 is 0. The summed E-state index contributed by atoms with van der Waals surface area (Å²) in [7, 11) is 0. The first-order valence-corrected chi connectivity index (χ1v) is 8.20. The third-order valence-corrected chi connectivity index (χ3v) is 4.51. The quantitative estimate of drug-likeness (QED) is 0.466. The number of hydrogen-bond acceptors (Lipinski definition) is 2. The number of anilines is 1. The fourth-order valence-corrected chi connectivity index (χ4v) is 3.26. The van der Waals surface area contributed by atoms with E-state index in [1.54, 1.807) is 13.8 Å². The second-order valence-corrected chi connectivity index (χ2v) is 6.41. The maximum atomic E-state index is 13.8. The summed E-state index contributed by atoms with van der Waals surface area (Å²) in [5.41, 5.74) is 1.24. The number of benzene rings is 2. The van der Waals surface area contributed by atoms with Gasteiger partial charge in [0.15, 0.2) is 17.5 Å². The summed E-state index contributed by atoms with van der Waals surface area (Å²) in [5, 5.41) is 0. The zero-order valence-corrected chi connectivity index (χ0v) is 14.7. The lowest BCUT2D eigenvalue weighted by molar-refractivity contribution is -0.146. The van der Waals surface area contributed by atoms with Gasteiger partial charge in [-0.2, -0.15) is 0 Å². The van der Waals surface area contributed by atoms with Crippen molar-refractivity contribution < 1.29 is 27.2 Å². The monoisotopic (exact) mass is 380 g/mol. The highest BCUT2D eigenvalue weighted by Crippen LogP contribution is 2.28. The molecule has 0 radical (unpaired) electrons. The number of halogens is 4. The van der Waals surface area contributed by atoms with Crippen LogP contribution in [0.3, 0.4) is 0 Å². The average molecular weight is 380 g/mol. The van der Waals surface area contributed by atoms with E-state index >= 15 is 0 Å². The standard InChI is InChI=1S/C19H16F4N2O2/c1-10-7-13(20)8-11(2)17(10)25-6-5-24(18(26)19(25)27)9-12-3-4-14(21)16(23)15(12)22/h3-4,7-8H,5-6,9H2,1-2H3. The molecule has 4 nitrogen and oxygen atoms in total. The molecule has 0 aliphatic carbocycles. The molecule has 8 heteroatoms. The van der Waals surface area contributed by atoms with Gasteiger partial charge in [-0.1, -0.05) is 6.07 Å². The molecule has 1 fully saturated rings. The van der Waals surface area contributed by atoms with Gasteiger partial charge in [-0.15, -0.1) is 0 Å². The van der Waals surface area contributed by atoms with Gasteiger partial charge in [0.2, 0.25) is 0 Å². The van der Waals surface area contributed by atoms with Crippen molar-refractivity contribution in [3.8, 4) is 0 Å². The average Bonchev–Trinajstić information content (AvgIpc) is 2.60. The minimum absolute atomic E-state index is 0.0687. The Hall–Kier alpha value is -2.90. The summed E-state index contributed by atoms with van der Waals surface area (Å²) in [6, 6.07) is 4.33. The molecule has 142 valence electrons. The second kappa shape index (κ2) is 7.02. The summed E-state index contributed by atoms with van der Waals surface area (Å²) in [6.45, 7) is 3.09. The van der Waals surface area contributed by atoms with Gasteiger partial charge in [0.05, 0.1) is 5.69 Å². The van der Waals surface area contributed by atoms with Crippen molar-refractivity contribution in [3.63, 3.8) is 0 Å². The molecule has 27 heavy (non-hydrogen) atoms. The molecular weight excluding hydrogens is 364 g/mol. The van der Waals surface area contributed by atoms with Crippen LogP contribution in [0.2, 0.25) is 0 Å². The van der Waals surface area contributed by atoms with Gasteiger partial charge in [-0.3, -0.25) is 9.59 Å². The molecule has 1 heterocycles. The molecule has 0 saturated carbocycles. The van der Waals surface area contributed by atoms with Gasteiger partial charge in [0.1, 0.15) is 5.82 Å². The maximum Gasteiger partial charge on any atom is 0.316 e. The summed E-state index contributed by atoms with van der Waals surface area (Å²) in [5.74, 6) is -6.52. The first-order chi connectivity index (χ1) is 12.7. The van der Waals surface area contributed by atoms with Crippen molar-refractivity contribution in [3.05, 3.63) is 64.2 Å². The van der Waals surface area contributed by atoms with Gasteiger partial charge >= 0.3 is 11.8 Å². The molecular formula is C19H16F4N2O2. The molecule has 0 aromatic heterocycles. The minimum Gasteiger partial charge on any atom is -0.328 e. The zero-order valence-electron chi connectivity index (χ0n) is 14.7. The Morgan fingerprint density at radius 2 is 1.52 bits per heavy atom. The SMILES string of the molecule is Cc1cc(F)cc(C)c1N1CCN(Cc2ccc(F)c(F)c2F)C(=O)C1=O. The van der Waals surface area contributed by atoms with Gasteiger partial charge in [0, 0.05) is 25.2 Å². The van der Waals surface area contributed by atoms with Crippen molar-refractivity contribution in [1.82, 2.24) is 4.90 Å². The van der Waals surface area contributed by atoms with Crippen molar-refractivity contribution in [2.45, 2.75) is 20.4 Å². The number of piperazine rings is 1. The first-order valence-electron chi connectivity index (χ1n) is 8.20. The van der Waals surface area contributed by atoms with Crippen LogP contribution in [0.1, 0.15) is 16.7 Å². The number of hydrogen-bond donors (Lipinski definition) is 0. The molecule has 0 atom stereocenters. The molecule has 1 saturated heterocycles. The van der Waals surface area contributed by atoms with Gasteiger partial charge < -0.3 is 9.80 Å². The van der Waals surface area contributed by atoms with Gasteiger partial charge in [0.25, 0.3) is 0 Å². The van der Waals surface area contributed by atoms with Crippen LogP contribution in [-0.2, 0) is 16.1 Å². The molecule has 0 N–H and O–H groups in total. The topological polar surface area (TPSA) is 40.6 Å². The number of aryl methyl sites for hydroxylation is 2. The fourth-order valence-electron chi connectivity index (χ4n) is 3.26. The van der Waals surface area contributed by atoms with Crippen molar-refractivity contribution in [2.24, 2.45) is 0 Å². The lowest BCUT2D eigenvalue weighted by Crippen LogP contribution is -2.54. The number of nitrogens with zero attached hydrogens (tertiary/aromatic N) is 2. The molecule has 2 aromatic rings. The second-order valence-electron chi connectivity index (χ2n) is 6.41. The summed E-state index contributed by atoms with van der Waals surface area (Å²) in [4.78, 5) is 27.3. The van der Waals surface area contributed by atoms with E-state index in [4.69, 9.17) is 0 Å². The van der Waals surface area contributed by atoms with Crippen LogP contribution < -0.4 is 4.90 Å². The largest absolute Gasteiger partial charge is 0.328 e. The van der Waals surface area contributed by atoms with Crippen LogP contribution in [0.25, 0.3) is 0 Å². The molecule has 1 aliphatic heterocycles. The molecule has 1 aliphatic rings. The van der Waals surface area contributed by atoms with Gasteiger partial charge in [-0.25, -0.2) is 17.6 Å². The van der Waals surface area contributed by atoms with Gasteiger partial charge in [-0.05, 0) is 43.2 Å². The Morgan fingerprint density at radius 1 is 0.889 bits per heavy atom. The van der Waals surface area contributed by atoms with Crippen LogP contribution in [0.5, 0.6) is 0 Å². The predicted molar refractivity (Wildman–Crippen MR) is 90.0 cm³/mol. The Balaban J connectivity index is 1.84. The molecule has 0 spiro atoms. The number of amides is 2. The van der Waals surface area contributed by atoms with Crippen LogP contribution in [0.15, 0.2) is 24.3 Å². The molecule has 2 aromatic carbocycles. The Bertz CT molecular complexity index is 923. The Morgan fingerprint density at radius 3 is 2.15 bits per heavy atom. The summed E-state index contributed by atoms with van der Waals surface area (Å²) < 4.78 is 53.7. The Labute approximate surface area is 153 Å². The van der Waals surface area contributed by atoms with E-state index in [9.17, 15) is 27.2 Å². The highest BCUT2D eigenvalue weighted by atomic mass is 19.2. The number of carbonyl (C=O) groups is 2. The summed E-state index contributed by atoms with van der Waals surface area (Å²) in [6.07, 6.45) is 0. The molecule has 0 bridgehead atoms.